The van der Waals surface area contributed by atoms with E-state index < -0.39 is 23.8 Å². The van der Waals surface area contributed by atoms with Crippen LogP contribution in [0, 0.1) is 0 Å². The molecule has 8 heteroatoms. The zero-order chi connectivity index (χ0) is 18.4. The maximum Gasteiger partial charge on any atom is 0.325 e. The summed E-state index contributed by atoms with van der Waals surface area (Å²) in [5, 5.41) is 13.7. The number of amides is 2. The summed E-state index contributed by atoms with van der Waals surface area (Å²) >= 11 is 3.27. The number of halogens is 1. The lowest BCUT2D eigenvalue weighted by atomic mass is 10.2. The predicted molar refractivity (Wildman–Crippen MR) is 93.5 cm³/mol. The van der Waals surface area contributed by atoms with Crippen molar-refractivity contribution < 1.29 is 23.9 Å². The van der Waals surface area contributed by atoms with Crippen LogP contribution in [0.25, 0.3) is 6.08 Å². The van der Waals surface area contributed by atoms with E-state index in [0.29, 0.717) is 11.3 Å². The van der Waals surface area contributed by atoms with Gasteiger partial charge in [-0.05, 0) is 43.3 Å². The molecule has 2 amide bonds. The molecule has 0 spiro atoms. The van der Waals surface area contributed by atoms with Crippen LogP contribution in [-0.4, -0.2) is 28.9 Å². The van der Waals surface area contributed by atoms with E-state index in [4.69, 9.17) is 9.52 Å². The number of benzene rings is 1. The maximum atomic E-state index is 12.3. The first-order chi connectivity index (χ1) is 11.9. The summed E-state index contributed by atoms with van der Waals surface area (Å²) in [5.74, 6) is -2.10. The van der Waals surface area contributed by atoms with Crippen LogP contribution in [0.1, 0.15) is 23.0 Å². The van der Waals surface area contributed by atoms with E-state index >= 15 is 0 Å². The summed E-state index contributed by atoms with van der Waals surface area (Å²) in [7, 11) is 0. The molecule has 0 saturated carbocycles. The van der Waals surface area contributed by atoms with Crippen LogP contribution >= 0.6 is 15.9 Å². The highest BCUT2D eigenvalue weighted by atomic mass is 79.9. The third-order valence-corrected chi connectivity index (χ3v) is 3.68. The van der Waals surface area contributed by atoms with Gasteiger partial charge in [0.25, 0.3) is 11.8 Å². The molecule has 1 heterocycles. The van der Waals surface area contributed by atoms with Crippen molar-refractivity contribution in [1.82, 2.24) is 10.6 Å². The van der Waals surface area contributed by atoms with Crippen molar-refractivity contribution in [3.63, 3.8) is 0 Å². The second kappa shape index (κ2) is 8.29. The van der Waals surface area contributed by atoms with Crippen molar-refractivity contribution in [2.45, 2.75) is 13.0 Å². The van der Waals surface area contributed by atoms with Gasteiger partial charge in [0, 0.05) is 16.1 Å². The van der Waals surface area contributed by atoms with Crippen LogP contribution in [0.4, 0.5) is 0 Å². The number of carbonyl (C=O) groups is 3. The van der Waals surface area contributed by atoms with E-state index in [9.17, 15) is 14.4 Å². The zero-order valence-corrected chi connectivity index (χ0v) is 14.7. The van der Waals surface area contributed by atoms with Gasteiger partial charge in [-0.1, -0.05) is 15.9 Å². The molecule has 0 aliphatic carbocycles. The quantitative estimate of drug-likeness (QED) is 0.638. The Kier molecular flexibility index (Phi) is 6.13. The number of hydrogen-bond donors (Lipinski definition) is 3. The first kappa shape index (κ1) is 18.5. The van der Waals surface area contributed by atoms with E-state index in [1.54, 1.807) is 36.4 Å². The monoisotopic (exact) mass is 406 g/mol. The van der Waals surface area contributed by atoms with Gasteiger partial charge in [0.05, 0.1) is 6.26 Å². The highest BCUT2D eigenvalue weighted by Crippen LogP contribution is 2.12. The molecule has 2 aromatic rings. The Hall–Kier alpha value is -2.87. The van der Waals surface area contributed by atoms with Crippen molar-refractivity contribution in [3.8, 4) is 0 Å². The Morgan fingerprint density at radius 1 is 1.20 bits per heavy atom. The molecule has 0 saturated heterocycles. The minimum atomic E-state index is -1.19. The molecule has 0 aliphatic rings. The first-order valence-corrected chi connectivity index (χ1v) is 8.02. The van der Waals surface area contributed by atoms with Crippen LogP contribution in [0.2, 0.25) is 0 Å². The van der Waals surface area contributed by atoms with Gasteiger partial charge in [0.2, 0.25) is 0 Å². The Morgan fingerprint density at radius 2 is 1.88 bits per heavy atom. The zero-order valence-electron chi connectivity index (χ0n) is 13.2. The molecule has 0 aliphatic heterocycles. The second-order valence-electron chi connectivity index (χ2n) is 5.07. The Balaban J connectivity index is 2.22. The largest absolute Gasteiger partial charge is 0.480 e. The number of rotatable bonds is 6. The van der Waals surface area contributed by atoms with Gasteiger partial charge in [-0.15, -0.1) is 0 Å². The predicted octanol–water partition coefficient (Wildman–Crippen LogP) is 2.40. The average Bonchev–Trinajstić information content (AvgIpc) is 3.07. The summed E-state index contributed by atoms with van der Waals surface area (Å²) < 4.78 is 5.95. The normalized spacial score (nSPS) is 12.3. The van der Waals surface area contributed by atoms with Crippen LogP contribution in [0.3, 0.4) is 0 Å². The molecule has 0 fully saturated rings. The fourth-order valence-corrected chi connectivity index (χ4v) is 2.07. The fourth-order valence-electron chi connectivity index (χ4n) is 1.81. The molecule has 0 unspecified atom stereocenters. The maximum absolute atomic E-state index is 12.3. The fraction of sp³-hybridized carbons (Fsp3) is 0.118. The van der Waals surface area contributed by atoms with E-state index in [-0.39, 0.29) is 5.70 Å². The second-order valence-corrected chi connectivity index (χ2v) is 5.98. The van der Waals surface area contributed by atoms with Gasteiger partial charge in [0.1, 0.15) is 17.5 Å². The number of carbonyl (C=O) groups excluding carboxylic acids is 2. The Bertz CT molecular complexity index is 797. The van der Waals surface area contributed by atoms with Crippen molar-refractivity contribution in [2.75, 3.05) is 0 Å². The van der Waals surface area contributed by atoms with Crippen LogP contribution in [-0.2, 0) is 9.59 Å². The number of aliphatic carboxylic acids is 1. The summed E-state index contributed by atoms with van der Waals surface area (Å²) in [4.78, 5) is 35.5. The molecule has 1 aromatic carbocycles. The van der Waals surface area contributed by atoms with Gasteiger partial charge in [0.15, 0.2) is 0 Å². The van der Waals surface area contributed by atoms with Crippen LogP contribution in [0.5, 0.6) is 0 Å². The number of carboxylic acid groups (broad SMARTS) is 1. The van der Waals surface area contributed by atoms with E-state index in [1.165, 1.54) is 19.3 Å². The Morgan fingerprint density at radius 3 is 2.44 bits per heavy atom. The van der Waals surface area contributed by atoms with Crippen molar-refractivity contribution in [3.05, 3.63) is 64.2 Å². The van der Waals surface area contributed by atoms with Gasteiger partial charge in [-0.2, -0.15) is 0 Å². The first-order valence-electron chi connectivity index (χ1n) is 7.22. The molecule has 7 nitrogen and oxygen atoms in total. The molecule has 1 atom stereocenters. The minimum Gasteiger partial charge on any atom is -0.480 e. The van der Waals surface area contributed by atoms with E-state index in [0.717, 1.165) is 4.47 Å². The third-order valence-electron chi connectivity index (χ3n) is 3.15. The Labute approximate surface area is 151 Å². The average molecular weight is 407 g/mol. The highest BCUT2D eigenvalue weighted by Gasteiger charge is 2.20. The topological polar surface area (TPSA) is 109 Å². The van der Waals surface area contributed by atoms with E-state index in [2.05, 4.69) is 26.6 Å². The highest BCUT2D eigenvalue weighted by molar-refractivity contribution is 9.10. The van der Waals surface area contributed by atoms with Gasteiger partial charge < -0.3 is 20.2 Å². The number of hydrogen-bond acceptors (Lipinski definition) is 4. The van der Waals surface area contributed by atoms with E-state index in [1.807, 2.05) is 0 Å². The summed E-state index contributed by atoms with van der Waals surface area (Å²) in [6, 6.07) is 8.66. The standard InChI is InChI=1S/C17H15BrN2O5/c1-10(17(23)24)19-16(22)14(9-13-3-2-8-25-13)20-15(21)11-4-6-12(18)7-5-11/h2-10H,1H3,(H,19,22)(H,20,21)(H,23,24)/b14-9+/t10-/m1/s1. The lowest BCUT2D eigenvalue weighted by Crippen LogP contribution is -2.42. The van der Waals surface area contributed by atoms with Crippen LogP contribution in [0.15, 0.2) is 57.2 Å². The molecule has 1 aromatic heterocycles. The number of furan rings is 1. The SMILES string of the molecule is C[C@@H](NC(=O)/C(=C\c1ccco1)NC(=O)c1ccc(Br)cc1)C(=O)O. The molecule has 130 valence electrons. The van der Waals surface area contributed by atoms with Gasteiger partial charge >= 0.3 is 5.97 Å². The summed E-state index contributed by atoms with van der Waals surface area (Å²) in [6.07, 6.45) is 2.73. The van der Waals surface area contributed by atoms with Crippen LogP contribution < -0.4 is 10.6 Å². The molecule has 3 N–H and O–H groups in total. The molecular formula is C17H15BrN2O5. The summed E-state index contributed by atoms with van der Waals surface area (Å²) in [5.41, 5.74) is 0.212. The van der Waals surface area contributed by atoms with Crippen molar-refractivity contribution in [2.24, 2.45) is 0 Å². The third kappa shape index (κ3) is 5.32. The van der Waals surface area contributed by atoms with Gasteiger partial charge in [-0.25, -0.2) is 0 Å². The molecule has 0 bridgehead atoms. The van der Waals surface area contributed by atoms with Crippen molar-refractivity contribution >= 4 is 39.8 Å². The lowest BCUT2D eigenvalue weighted by Gasteiger charge is -2.13. The number of nitrogens with one attached hydrogen (secondary N) is 2. The van der Waals surface area contributed by atoms with Crippen molar-refractivity contribution in [1.29, 1.82) is 0 Å². The van der Waals surface area contributed by atoms with Gasteiger partial charge in [-0.3, -0.25) is 14.4 Å². The smallest absolute Gasteiger partial charge is 0.325 e. The molecule has 25 heavy (non-hydrogen) atoms. The minimum absolute atomic E-state index is 0.129. The molecule has 0 radical (unpaired) electrons. The molecule has 2 rings (SSSR count). The lowest BCUT2D eigenvalue weighted by molar-refractivity contribution is -0.140. The summed E-state index contributed by atoms with van der Waals surface area (Å²) in [6.45, 7) is 1.32. The number of carboxylic acids is 1. The molecular weight excluding hydrogens is 392 g/mol.